The van der Waals surface area contributed by atoms with Crippen molar-refractivity contribution in [3.63, 3.8) is 0 Å². The Balaban J connectivity index is 1.54. The summed E-state index contributed by atoms with van der Waals surface area (Å²) in [5.74, 6) is 1.71. The highest BCUT2D eigenvalue weighted by molar-refractivity contribution is 5.32. The molecule has 2 heteroatoms. The molecular formula is C22H26N2. The van der Waals surface area contributed by atoms with Gasteiger partial charge in [-0.15, -0.1) is 0 Å². The van der Waals surface area contributed by atoms with Crippen LogP contribution in [0.1, 0.15) is 28.7 Å². The predicted octanol–water partition coefficient (Wildman–Crippen LogP) is 3.54. The van der Waals surface area contributed by atoms with Crippen molar-refractivity contribution < 1.29 is 0 Å². The Labute approximate surface area is 145 Å². The van der Waals surface area contributed by atoms with E-state index in [1.807, 2.05) is 0 Å². The van der Waals surface area contributed by atoms with Crippen molar-refractivity contribution in [2.24, 2.45) is 11.8 Å². The SMILES string of the molecule is c1cc2cc(c1)CN1CC3CC(C1)CN(Cc1cccc(c1)C2)C3. The molecule has 2 saturated heterocycles. The summed E-state index contributed by atoms with van der Waals surface area (Å²) in [4.78, 5) is 5.42. The molecule has 0 spiro atoms. The molecule has 0 N–H and O–H groups in total. The molecule has 2 fully saturated rings. The fourth-order valence-electron chi connectivity index (χ4n) is 5.18. The van der Waals surface area contributed by atoms with Gasteiger partial charge in [0.2, 0.25) is 0 Å². The maximum atomic E-state index is 2.71. The summed E-state index contributed by atoms with van der Waals surface area (Å²) in [5.41, 5.74) is 5.86. The van der Waals surface area contributed by atoms with Gasteiger partial charge >= 0.3 is 0 Å². The molecule has 0 atom stereocenters. The van der Waals surface area contributed by atoms with Crippen molar-refractivity contribution in [1.29, 1.82) is 0 Å². The number of hydrogen-bond acceptors (Lipinski definition) is 2. The molecule has 2 aromatic rings. The van der Waals surface area contributed by atoms with Gasteiger partial charge in [0.1, 0.15) is 0 Å². The highest BCUT2D eigenvalue weighted by Gasteiger charge is 2.34. The number of benzene rings is 2. The number of rotatable bonds is 0. The third-order valence-corrected chi connectivity index (χ3v) is 5.94. The second kappa shape index (κ2) is 6.02. The maximum absolute atomic E-state index is 2.71. The van der Waals surface area contributed by atoms with Gasteiger partial charge in [0.15, 0.2) is 0 Å². The van der Waals surface area contributed by atoms with Gasteiger partial charge < -0.3 is 0 Å². The van der Waals surface area contributed by atoms with E-state index in [9.17, 15) is 0 Å². The van der Waals surface area contributed by atoms with Gasteiger partial charge in [-0.05, 0) is 46.9 Å². The Morgan fingerprint density at radius 1 is 0.625 bits per heavy atom. The van der Waals surface area contributed by atoms with Gasteiger partial charge in [-0.2, -0.15) is 0 Å². The molecule has 124 valence electrons. The molecule has 0 aromatic heterocycles. The smallest absolute Gasteiger partial charge is 0.0234 e. The van der Waals surface area contributed by atoms with E-state index in [2.05, 4.69) is 58.3 Å². The molecule has 24 heavy (non-hydrogen) atoms. The highest BCUT2D eigenvalue weighted by Crippen LogP contribution is 2.30. The molecule has 2 aromatic carbocycles. The average molecular weight is 318 g/mol. The summed E-state index contributed by atoms with van der Waals surface area (Å²) >= 11 is 0. The summed E-state index contributed by atoms with van der Waals surface area (Å²) in [5, 5.41) is 0. The van der Waals surface area contributed by atoms with Crippen LogP contribution in [-0.4, -0.2) is 36.0 Å². The van der Waals surface area contributed by atoms with E-state index in [-0.39, 0.29) is 0 Å². The summed E-state index contributed by atoms with van der Waals surface area (Å²) < 4.78 is 0. The summed E-state index contributed by atoms with van der Waals surface area (Å²) in [6.45, 7) is 7.35. The fraction of sp³-hybridized carbons (Fsp3) is 0.455. The first-order valence-electron chi connectivity index (χ1n) is 9.40. The van der Waals surface area contributed by atoms with Gasteiger partial charge in [-0.25, -0.2) is 0 Å². The fourth-order valence-corrected chi connectivity index (χ4v) is 5.18. The first-order chi connectivity index (χ1) is 11.8. The number of piperidine rings is 2. The quantitative estimate of drug-likeness (QED) is 0.733. The van der Waals surface area contributed by atoms with Crippen LogP contribution in [0.25, 0.3) is 0 Å². The molecule has 0 saturated carbocycles. The lowest BCUT2D eigenvalue weighted by Gasteiger charge is -2.46. The molecular weight excluding hydrogens is 292 g/mol. The molecule has 0 amide bonds. The van der Waals surface area contributed by atoms with Gasteiger partial charge in [0.05, 0.1) is 0 Å². The Morgan fingerprint density at radius 3 is 1.58 bits per heavy atom. The van der Waals surface area contributed by atoms with Crippen LogP contribution in [0.15, 0.2) is 48.5 Å². The number of hydrogen-bond donors (Lipinski definition) is 0. The lowest BCUT2D eigenvalue weighted by molar-refractivity contribution is 0.0241. The standard InChI is InChI=1S/C22H26N2/c1-3-17-7-18-4-2-6-20(9-18)12-24-15-21-10-22(16-24)14-23(13-21)11-19(5-1)8-17/h1-6,8-9,21-22H,7,10-16H2. The van der Waals surface area contributed by atoms with Crippen LogP contribution in [0.2, 0.25) is 0 Å². The minimum absolute atomic E-state index is 0.854. The first kappa shape index (κ1) is 14.7. The molecule has 4 aliphatic heterocycles. The maximum Gasteiger partial charge on any atom is 0.0234 e. The zero-order valence-corrected chi connectivity index (χ0v) is 14.3. The molecule has 6 rings (SSSR count). The van der Waals surface area contributed by atoms with Gasteiger partial charge in [-0.1, -0.05) is 48.5 Å². The highest BCUT2D eigenvalue weighted by atomic mass is 15.2. The second-order valence-electron chi connectivity index (χ2n) is 8.17. The van der Waals surface area contributed by atoms with E-state index in [0.717, 1.165) is 31.3 Å². The predicted molar refractivity (Wildman–Crippen MR) is 97.8 cm³/mol. The van der Waals surface area contributed by atoms with Crippen LogP contribution in [0.4, 0.5) is 0 Å². The van der Waals surface area contributed by atoms with Crippen molar-refractivity contribution in [3.8, 4) is 0 Å². The first-order valence-corrected chi connectivity index (χ1v) is 9.40. The number of nitrogens with zero attached hydrogens (tertiary/aromatic N) is 2. The zero-order chi connectivity index (χ0) is 15.9. The van der Waals surface area contributed by atoms with Crippen LogP contribution in [0.5, 0.6) is 0 Å². The topological polar surface area (TPSA) is 6.48 Å². The van der Waals surface area contributed by atoms with Crippen molar-refractivity contribution in [2.75, 3.05) is 26.2 Å². The van der Waals surface area contributed by atoms with Crippen molar-refractivity contribution in [2.45, 2.75) is 25.9 Å². The van der Waals surface area contributed by atoms with Crippen LogP contribution in [-0.2, 0) is 19.5 Å². The van der Waals surface area contributed by atoms with E-state index in [1.165, 1.54) is 54.9 Å². The molecule has 4 aliphatic rings. The van der Waals surface area contributed by atoms with Gasteiger partial charge in [0.25, 0.3) is 0 Å². The van der Waals surface area contributed by atoms with Gasteiger partial charge in [0, 0.05) is 39.3 Å². The van der Waals surface area contributed by atoms with E-state index >= 15 is 0 Å². The van der Waals surface area contributed by atoms with E-state index < -0.39 is 0 Å². The van der Waals surface area contributed by atoms with Crippen LogP contribution < -0.4 is 0 Å². The Kier molecular flexibility index (Phi) is 3.68. The van der Waals surface area contributed by atoms with E-state index in [0.29, 0.717) is 0 Å². The zero-order valence-electron chi connectivity index (χ0n) is 14.3. The third kappa shape index (κ3) is 3.01. The second-order valence-corrected chi connectivity index (χ2v) is 8.17. The normalized spacial score (nSPS) is 31.7. The van der Waals surface area contributed by atoms with Crippen molar-refractivity contribution in [1.82, 2.24) is 9.80 Å². The molecule has 0 unspecified atom stereocenters. The molecule has 4 heterocycles. The minimum atomic E-state index is 0.854. The van der Waals surface area contributed by atoms with Crippen molar-refractivity contribution >= 4 is 0 Å². The van der Waals surface area contributed by atoms with Crippen molar-refractivity contribution in [3.05, 3.63) is 70.8 Å². The molecule has 2 nitrogen and oxygen atoms in total. The van der Waals surface area contributed by atoms with Gasteiger partial charge in [-0.3, -0.25) is 9.80 Å². The molecule has 0 radical (unpaired) electrons. The minimum Gasteiger partial charge on any atom is -0.298 e. The van der Waals surface area contributed by atoms with Crippen LogP contribution in [0.3, 0.4) is 0 Å². The summed E-state index contributed by atoms with van der Waals surface area (Å²) in [6.07, 6.45) is 2.49. The molecule has 8 bridgehead atoms. The van der Waals surface area contributed by atoms with E-state index in [1.54, 1.807) is 0 Å². The lowest BCUT2D eigenvalue weighted by Crippen LogP contribution is -2.52. The Morgan fingerprint density at radius 2 is 1.08 bits per heavy atom. The van der Waals surface area contributed by atoms with Crippen LogP contribution in [0, 0.1) is 11.8 Å². The lowest BCUT2D eigenvalue weighted by atomic mass is 9.84. The third-order valence-electron chi connectivity index (χ3n) is 5.94. The average Bonchev–Trinajstić information content (AvgIpc) is 2.54. The Bertz CT molecular complexity index is 665. The monoisotopic (exact) mass is 318 g/mol. The molecule has 0 aliphatic carbocycles. The summed E-state index contributed by atoms with van der Waals surface area (Å²) in [6, 6.07) is 18.5. The Hall–Kier alpha value is -1.64. The summed E-state index contributed by atoms with van der Waals surface area (Å²) in [7, 11) is 0. The largest absolute Gasteiger partial charge is 0.298 e. The van der Waals surface area contributed by atoms with Crippen LogP contribution >= 0.6 is 0 Å². The van der Waals surface area contributed by atoms with E-state index in [4.69, 9.17) is 0 Å².